The van der Waals surface area contributed by atoms with Gasteiger partial charge in [0.1, 0.15) is 0 Å². The number of hydrogen-bond donors (Lipinski definition) is 2. The van der Waals surface area contributed by atoms with Gasteiger partial charge in [-0.2, -0.15) is 0 Å². The third-order valence-corrected chi connectivity index (χ3v) is 4.87. The van der Waals surface area contributed by atoms with Crippen molar-refractivity contribution in [1.82, 2.24) is 15.5 Å². The lowest BCUT2D eigenvalue weighted by Crippen LogP contribution is -2.47. The summed E-state index contributed by atoms with van der Waals surface area (Å²) in [6.45, 7) is 3.68. The summed E-state index contributed by atoms with van der Waals surface area (Å²) in [4.78, 5) is 2.28. The van der Waals surface area contributed by atoms with Gasteiger partial charge in [-0.3, -0.25) is 0 Å². The normalized spacial score (nSPS) is 32.1. The Morgan fingerprint density at radius 1 is 1.05 bits per heavy atom. The molecule has 0 spiro atoms. The first-order chi connectivity index (χ1) is 9.27. The van der Waals surface area contributed by atoms with Gasteiger partial charge in [0.05, 0.1) is 0 Å². The van der Waals surface area contributed by atoms with Crippen LogP contribution in [0.5, 0.6) is 0 Å². The van der Waals surface area contributed by atoms with E-state index in [-0.39, 0.29) is 0 Å². The highest BCUT2D eigenvalue weighted by Crippen LogP contribution is 2.30. The summed E-state index contributed by atoms with van der Waals surface area (Å²) in [6, 6.07) is 1.59. The summed E-state index contributed by atoms with van der Waals surface area (Å²) in [5.74, 6) is 0.894. The Morgan fingerprint density at radius 3 is 2.63 bits per heavy atom. The number of unbranched alkanes of at least 4 members (excludes halogenated alkanes) is 1. The van der Waals surface area contributed by atoms with Crippen LogP contribution >= 0.6 is 0 Å². The number of nitrogens with zero attached hydrogens (tertiary/aromatic N) is 1. The third kappa shape index (κ3) is 5.05. The minimum Gasteiger partial charge on any atom is -0.314 e. The van der Waals surface area contributed by atoms with E-state index in [4.69, 9.17) is 0 Å². The van der Waals surface area contributed by atoms with Gasteiger partial charge < -0.3 is 15.5 Å². The molecule has 0 amide bonds. The Balaban J connectivity index is 1.67. The molecule has 1 heterocycles. The molecule has 0 bridgehead atoms. The van der Waals surface area contributed by atoms with Crippen LogP contribution in [0.15, 0.2) is 0 Å². The average Bonchev–Trinajstić information content (AvgIpc) is 2.92. The van der Waals surface area contributed by atoms with Crippen LogP contribution in [0.3, 0.4) is 0 Å². The topological polar surface area (TPSA) is 27.3 Å². The number of rotatable bonds is 7. The molecule has 1 saturated carbocycles. The van der Waals surface area contributed by atoms with E-state index in [1.165, 1.54) is 71.0 Å². The quantitative estimate of drug-likeness (QED) is 0.693. The van der Waals surface area contributed by atoms with E-state index < -0.39 is 0 Å². The molecule has 2 N–H and O–H groups in total. The smallest absolute Gasteiger partial charge is 0.0111 e. The summed E-state index contributed by atoms with van der Waals surface area (Å²) < 4.78 is 0. The Morgan fingerprint density at radius 2 is 1.89 bits per heavy atom. The average molecular weight is 267 g/mol. The predicted molar refractivity (Wildman–Crippen MR) is 82.6 cm³/mol. The van der Waals surface area contributed by atoms with Crippen LogP contribution in [0.4, 0.5) is 0 Å². The maximum atomic E-state index is 3.86. The molecule has 3 nitrogen and oxygen atoms in total. The van der Waals surface area contributed by atoms with E-state index >= 15 is 0 Å². The summed E-state index contributed by atoms with van der Waals surface area (Å²) in [5.41, 5.74) is 0. The van der Waals surface area contributed by atoms with Gasteiger partial charge in [0.15, 0.2) is 0 Å². The van der Waals surface area contributed by atoms with Gasteiger partial charge in [0.25, 0.3) is 0 Å². The molecule has 1 saturated heterocycles. The zero-order valence-corrected chi connectivity index (χ0v) is 13.0. The molecule has 2 fully saturated rings. The molecule has 3 atom stereocenters. The largest absolute Gasteiger partial charge is 0.314 e. The molecule has 0 aromatic heterocycles. The van der Waals surface area contributed by atoms with Crippen molar-refractivity contribution in [3.8, 4) is 0 Å². The number of nitrogens with one attached hydrogen (secondary N) is 2. The predicted octanol–water partition coefficient (Wildman–Crippen LogP) is 2.23. The van der Waals surface area contributed by atoms with Crippen LogP contribution in [0, 0.1) is 5.92 Å². The number of hydrogen-bond acceptors (Lipinski definition) is 3. The summed E-state index contributed by atoms with van der Waals surface area (Å²) in [6.07, 6.45) is 11.1. The van der Waals surface area contributed by atoms with Crippen molar-refractivity contribution in [3.63, 3.8) is 0 Å². The highest BCUT2D eigenvalue weighted by atomic mass is 15.0. The first-order valence-corrected chi connectivity index (χ1v) is 8.39. The summed E-state index contributed by atoms with van der Waals surface area (Å²) in [5, 5.41) is 7.59. The first-order valence-electron chi connectivity index (χ1n) is 8.39. The van der Waals surface area contributed by atoms with E-state index in [0.29, 0.717) is 0 Å². The fraction of sp³-hybridized carbons (Fsp3) is 1.00. The van der Waals surface area contributed by atoms with E-state index in [1.54, 1.807) is 0 Å². The van der Waals surface area contributed by atoms with Gasteiger partial charge in [0.2, 0.25) is 0 Å². The van der Waals surface area contributed by atoms with Gasteiger partial charge in [-0.05, 0) is 78.2 Å². The zero-order chi connectivity index (χ0) is 13.5. The summed E-state index contributed by atoms with van der Waals surface area (Å²) >= 11 is 0. The van der Waals surface area contributed by atoms with Crippen molar-refractivity contribution in [2.24, 2.45) is 5.92 Å². The minimum absolute atomic E-state index is 0.781. The molecule has 1 aliphatic carbocycles. The van der Waals surface area contributed by atoms with Crippen molar-refractivity contribution in [1.29, 1.82) is 0 Å². The van der Waals surface area contributed by atoms with Crippen molar-refractivity contribution in [2.45, 2.75) is 63.5 Å². The lowest BCUT2D eigenvalue weighted by atomic mass is 9.79. The highest BCUT2D eigenvalue weighted by molar-refractivity contribution is 4.91. The molecular formula is C16H33N3. The molecule has 2 aliphatic rings. The molecule has 1 aliphatic heterocycles. The van der Waals surface area contributed by atoms with Gasteiger partial charge in [-0.15, -0.1) is 0 Å². The van der Waals surface area contributed by atoms with Crippen LogP contribution in [0.1, 0.15) is 51.4 Å². The van der Waals surface area contributed by atoms with E-state index in [2.05, 4.69) is 29.6 Å². The van der Waals surface area contributed by atoms with E-state index in [0.717, 1.165) is 18.0 Å². The molecule has 2 rings (SSSR count). The van der Waals surface area contributed by atoms with Crippen LogP contribution in [-0.4, -0.2) is 50.7 Å². The highest BCUT2D eigenvalue weighted by Gasteiger charge is 2.32. The third-order valence-electron chi connectivity index (χ3n) is 4.87. The van der Waals surface area contributed by atoms with Crippen molar-refractivity contribution in [2.75, 3.05) is 33.7 Å². The molecule has 19 heavy (non-hydrogen) atoms. The molecule has 3 heteroatoms. The van der Waals surface area contributed by atoms with Gasteiger partial charge >= 0.3 is 0 Å². The minimum atomic E-state index is 0.781. The molecular weight excluding hydrogens is 234 g/mol. The van der Waals surface area contributed by atoms with E-state index in [1.807, 2.05) is 0 Å². The lowest BCUT2D eigenvalue weighted by molar-refractivity contribution is 0.214. The lowest BCUT2D eigenvalue weighted by Gasteiger charge is -2.36. The van der Waals surface area contributed by atoms with E-state index in [9.17, 15) is 0 Å². The van der Waals surface area contributed by atoms with Crippen molar-refractivity contribution < 1.29 is 0 Å². The second-order valence-corrected chi connectivity index (χ2v) is 6.72. The molecule has 112 valence electrons. The Bertz CT molecular complexity index is 236. The van der Waals surface area contributed by atoms with Crippen molar-refractivity contribution >= 4 is 0 Å². The SMILES string of the molecule is CN(C)CCCCNC1CCCCC1C1CCCN1. The van der Waals surface area contributed by atoms with Crippen LogP contribution in [0.2, 0.25) is 0 Å². The van der Waals surface area contributed by atoms with Gasteiger partial charge in [-0.1, -0.05) is 12.8 Å². The second kappa shape index (κ2) is 8.23. The zero-order valence-electron chi connectivity index (χ0n) is 13.0. The van der Waals surface area contributed by atoms with Crippen LogP contribution < -0.4 is 10.6 Å². The monoisotopic (exact) mass is 267 g/mol. The maximum Gasteiger partial charge on any atom is 0.0111 e. The maximum absolute atomic E-state index is 3.86. The summed E-state index contributed by atoms with van der Waals surface area (Å²) in [7, 11) is 4.33. The molecule has 3 unspecified atom stereocenters. The van der Waals surface area contributed by atoms with Crippen LogP contribution in [-0.2, 0) is 0 Å². The standard InChI is InChI=1S/C16H33N3/c1-19(2)13-6-5-11-17-15-9-4-3-8-14(15)16-10-7-12-18-16/h14-18H,3-13H2,1-2H3. The Labute approximate surface area is 119 Å². The fourth-order valence-corrected chi connectivity index (χ4v) is 3.81. The van der Waals surface area contributed by atoms with Crippen molar-refractivity contribution in [3.05, 3.63) is 0 Å². The molecule has 0 aromatic carbocycles. The fourth-order valence-electron chi connectivity index (χ4n) is 3.81. The Kier molecular flexibility index (Phi) is 6.62. The Hall–Kier alpha value is -0.120. The first kappa shape index (κ1) is 15.3. The molecule has 0 radical (unpaired) electrons. The van der Waals surface area contributed by atoms with Gasteiger partial charge in [0, 0.05) is 12.1 Å². The second-order valence-electron chi connectivity index (χ2n) is 6.72. The van der Waals surface area contributed by atoms with Gasteiger partial charge in [-0.25, -0.2) is 0 Å². The molecule has 0 aromatic rings. The van der Waals surface area contributed by atoms with Crippen LogP contribution in [0.25, 0.3) is 0 Å².